The largest absolute Gasteiger partial charge is 0.322 e. The van der Waals surface area contributed by atoms with E-state index in [4.69, 9.17) is 0 Å². The van der Waals surface area contributed by atoms with Gasteiger partial charge in [-0.05, 0) is 61.4 Å². The van der Waals surface area contributed by atoms with Crippen molar-refractivity contribution in [3.8, 4) is 5.69 Å². The Labute approximate surface area is 128 Å². The average molecular weight is 292 g/mol. The number of carbonyl (C=O) groups excluding carboxylic acids is 1. The zero-order chi connectivity index (χ0) is 15.5. The molecule has 0 saturated carbocycles. The fourth-order valence-corrected chi connectivity index (χ4v) is 2.36. The summed E-state index contributed by atoms with van der Waals surface area (Å²) in [4.78, 5) is 16.2. The normalized spacial score (nSPS) is 10.5. The molecule has 1 aromatic heterocycles. The van der Waals surface area contributed by atoms with Gasteiger partial charge in [-0.1, -0.05) is 6.07 Å². The summed E-state index contributed by atoms with van der Waals surface area (Å²) in [5.74, 6) is -0.129. The average Bonchev–Trinajstić information content (AvgIpc) is 3.00. The summed E-state index contributed by atoms with van der Waals surface area (Å²) < 4.78 is 1.64. The number of nitrogens with one attached hydrogen (secondary N) is 1. The molecule has 0 unspecified atom stereocenters. The molecule has 5 nitrogen and oxygen atoms in total. The molecule has 22 heavy (non-hydrogen) atoms. The van der Waals surface area contributed by atoms with Gasteiger partial charge in [-0.3, -0.25) is 4.79 Å². The second kappa shape index (κ2) is 5.81. The first kappa shape index (κ1) is 14.0. The van der Waals surface area contributed by atoms with Crippen LogP contribution >= 0.6 is 0 Å². The molecule has 5 heteroatoms. The van der Waals surface area contributed by atoms with Gasteiger partial charge in [-0.15, -0.1) is 0 Å². The topological polar surface area (TPSA) is 59.8 Å². The van der Waals surface area contributed by atoms with Crippen LogP contribution in [0, 0.1) is 13.8 Å². The Balaban J connectivity index is 1.77. The highest BCUT2D eigenvalue weighted by Crippen LogP contribution is 2.15. The summed E-state index contributed by atoms with van der Waals surface area (Å²) in [5, 5.41) is 6.97. The van der Waals surface area contributed by atoms with Crippen molar-refractivity contribution >= 4 is 11.6 Å². The minimum atomic E-state index is -0.129. The van der Waals surface area contributed by atoms with E-state index in [1.807, 2.05) is 38.1 Å². The molecule has 110 valence electrons. The molecule has 0 aliphatic heterocycles. The summed E-state index contributed by atoms with van der Waals surface area (Å²) in [6.07, 6.45) is 3.09. The number of hydrogen-bond acceptors (Lipinski definition) is 3. The molecule has 0 aliphatic rings. The lowest BCUT2D eigenvalue weighted by Gasteiger charge is -2.08. The van der Waals surface area contributed by atoms with Gasteiger partial charge in [0.2, 0.25) is 0 Å². The third kappa shape index (κ3) is 3.03. The van der Waals surface area contributed by atoms with Gasteiger partial charge in [0.05, 0.1) is 5.69 Å². The molecule has 1 N–H and O–H groups in total. The Morgan fingerprint density at radius 2 is 1.73 bits per heavy atom. The van der Waals surface area contributed by atoms with Crippen molar-refractivity contribution in [2.24, 2.45) is 0 Å². The van der Waals surface area contributed by atoms with Gasteiger partial charge in [-0.25, -0.2) is 9.67 Å². The first-order valence-electron chi connectivity index (χ1n) is 6.96. The van der Waals surface area contributed by atoms with Crippen LogP contribution in [0.3, 0.4) is 0 Å². The summed E-state index contributed by atoms with van der Waals surface area (Å²) in [6.45, 7) is 4.02. The number of carbonyl (C=O) groups is 1. The summed E-state index contributed by atoms with van der Waals surface area (Å²) >= 11 is 0. The van der Waals surface area contributed by atoms with E-state index in [0.29, 0.717) is 5.56 Å². The molecule has 0 bridgehead atoms. The monoisotopic (exact) mass is 292 g/mol. The summed E-state index contributed by atoms with van der Waals surface area (Å²) in [7, 11) is 0. The fourth-order valence-electron chi connectivity index (χ4n) is 2.36. The lowest BCUT2D eigenvalue weighted by molar-refractivity contribution is 0.102. The number of hydrogen-bond donors (Lipinski definition) is 1. The molecule has 0 radical (unpaired) electrons. The molecule has 0 spiro atoms. The highest BCUT2D eigenvalue weighted by molar-refractivity contribution is 6.04. The van der Waals surface area contributed by atoms with Crippen LogP contribution in [0.25, 0.3) is 5.69 Å². The maximum absolute atomic E-state index is 12.3. The first-order valence-corrected chi connectivity index (χ1v) is 6.96. The van der Waals surface area contributed by atoms with Gasteiger partial charge in [0.25, 0.3) is 5.91 Å². The first-order chi connectivity index (χ1) is 10.6. The number of nitrogens with zero attached hydrogens (tertiary/aromatic N) is 3. The molecular weight excluding hydrogens is 276 g/mol. The van der Waals surface area contributed by atoms with Crippen LogP contribution in [-0.2, 0) is 0 Å². The number of amides is 1. The number of aromatic nitrogens is 3. The second-order valence-electron chi connectivity index (χ2n) is 5.22. The number of aryl methyl sites for hydroxylation is 2. The molecule has 3 aromatic rings. The van der Waals surface area contributed by atoms with E-state index in [-0.39, 0.29) is 5.91 Å². The standard InChI is InChI=1S/C17H16N4O/c1-12-7-13(2)9-15(8-12)20-17(22)14-3-5-16(6-4-14)21-11-18-10-19-21/h3-11H,1-2H3,(H,20,22). The van der Waals surface area contributed by atoms with Gasteiger partial charge in [0, 0.05) is 11.3 Å². The zero-order valence-electron chi connectivity index (χ0n) is 12.4. The van der Waals surface area contributed by atoms with E-state index in [1.54, 1.807) is 23.1 Å². The molecule has 0 fully saturated rings. The predicted octanol–water partition coefficient (Wildman–Crippen LogP) is 3.14. The number of rotatable bonds is 3. The van der Waals surface area contributed by atoms with Gasteiger partial charge >= 0.3 is 0 Å². The van der Waals surface area contributed by atoms with Crippen LogP contribution in [0.15, 0.2) is 55.1 Å². The molecule has 0 saturated heterocycles. The van der Waals surface area contributed by atoms with Crippen LogP contribution in [0.2, 0.25) is 0 Å². The third-order valence-corrected chi connectivity index (χ3v) is 3.29. The second-order valence-corrected chi connectivity index (χ2v) is 5.22. The molecular formula is C17H16N4O. The summed E-state index contributed by atoms with van der Waals surface area (Å²) in [5.41, 5.74) is 4.51. The Morgan fingerprint density at radius 1 is 1.05 bits per heavy atom. The van der Waals surface area contributed by atoms with Crippen LogP contribution in [0.5, 0.6) is 0 Å². The smallest absolute Gasteiger partial charge is 0.255 e. The van der Waals surface area contributed by atoms with Crippen molar-refractivity contribution in [1.82, 2.24) is 14.8 Å². The van der Waals surface area contributed by atoms with E-state index in [9.17, 15) is 4.79 Å². The van der Waals surface area contributed by atoms with Gasteiger partial charge in [0.15, 0.2) is 0 Å². The molecule has 1 heterocycles. The van der Waals surface area contributed by atoms with Crippen molar-refractivity contribution in [3.63, 3.8) is 0 Å². The van der Waals surface area contributed by atoms with Gasteiger partial charge < -0.3 is 5.32 Å². The lowest BCUT2D eigenvalue weighted by atomic mass is 10.1. The maximum Gasteiger partial charge on any atom is 0.255 e. The Morgan fingerprint density at radius 3 is 2.32 bits per heavy atom. The molecule has 3 rings (SSSR count). The third-order valence-electron chi connectivity index (χ3n) is 3.29. The Hall–Kier alpha value is -2.95. The SMILES string of the molecule is Cc1cc(C)cc(NC(=O)c2ccc(-n3cncn3)cc2)c1. The van der Waals surface area contributed by atoms with Gasteiger partial charge in [-0.2, -0.15) is 5.10 Å². The minimum Gasteiger partial charge on any atom is -0.322 e. The quantitative estimate of drug-likeness (QED) is 0.806. The maximum atomic E-state index is 12.3. The van der Waals surface area contributed by atoms with Crippen LogP contribution in [-0.4, -0.2) is 20.7 Å². The molecule has 1 amide bonds. The van der Waals surface area contributed by atoms with Gasteiger partial charge in [0.1, 0.15) is 12.7 Å². The fraction of sp³-hybridized carbons (Fsp3) is 0.118. The van der Waals surface area contributed by atoms with Crippen molar-refractivity contribution < 1.29 is 4.79 Å². The van der Waals surface area contributed by atoms with Crippen molar-refractivity contribution in [1.29, 1.82) is 0 Å². The molecule has 2 aromatic carbocycles. The number of benzene rings is 2. The van der Waals surface area contributed by atoms with E-state index >= 15 is 0 Å². The predicted molar refractivity (Wildman–Crippen MR) is 85.2 cm³/mol. The summed E-state index contributed by atoms with van der Waals surface area (Å²) in [6, 6.07) is 13.2. The zero-order valence-corrected chi connectivity index (χ0v) is 12.4. The van der Waals surface area contributed by atoms with Crippen LogP contribution < -0.4 is 5.32 Å². The Bertz CT molecular complexity index is 772. The van der Waals surface area contributed by atoms with E-state index in [2.05, 4.69) is 21.5 Å². The highest BCUT2D eigenvalue weighted by atomic mass is 16.1. The van der Waals surface area contributed by atoms with Crippen molar-refractivity contribution in [2.45, 2.75) is 13.8 Å². The van der Waals surface area contributed by atoms with E-state index in [0.717, 1.165) is 22.5 Å². The Kier molecular flexibility index (Phi) is 3.70. The van der Waals surface area contributed by atoms with Crippen molar-refractivity contribution in [2.75, 3.05) is 5.32 Å². The van der Waals surface area contributed by atoms with E-state index in [1.165, 1.54) is 6.33 Å². The van der Waals surface area contributed by atoms with Crippen LogP contribution in [0.1, 0.15) is 21.5 Å². The highest BCUT2D eigenvalue weighted by Gasteiger charge is 2.07. The van der Waals surface area contributed by atoms with Crippen molar-refractivity contribution in [3.05, 3.63) is 71.8 Å². The minimum absolute atomic E-state index is 0.129. The molecule has 0 aliphatic carbocycles. The number of anilines is 1. The van der Waals surface area contributed by atoms with Crippen LogP contribution in [0.4, 0.5) is 5.69 Å². The molecule has 0 atom stereocenters. The lowest BCUT2D eigenvalue weighted by Crippen LogP contribution is -2.12. The van der Waals surface area contributed by atoms with E-state index < -0.39 is 0 Å².